The lowest BCUT2D eigenvalue weighted by Crippen LogP contribution is -2.40. The van der Waals surface area contributed by atoms with Gasteiger partial charge in [0.25, 0.3) is 0 Å². The van der Waals surface area contributed by atoms with E-state index in [1.807, 2.05) is 0 Å². The summed E-state index contributed by atoms with van der Waals surface area (Å²) in [5.41, 5.74) is -1.37. The quantitative estimate of drug-likeness (QED) is 0.830. The van der Waals surface area contributed by atoms with Crippen molar-refractivity contribution in [2.45, 2.75) is 25.4 Å². The van der Waals surface area contributed by atoms with Crippen LogP contribution in [0.4, 0.5) is 8.78 Å². The molecule has 1 aromatic carbocycles. The van der Waals surface area contributed by atoms with Gasteiger partial charge in [-0.1, -0.05) is 19.9 Å². The monoisotopic (exact) mass is 230 g/mol. The molecule has 1 atom stereocenters. The smallest absolute Gasteiger partial charge is 0.333 e. The Balaban J connectivity index is 3.21. The number of aliphatic hydroxyl groups is 1. The van der Waals surface area contributed by atoms with Crippen molar-refractivity contribution in [3.05, 3.63) is 35.4 Å². The molecule has 0 aromatic heterocycles. The average Bonchev–Trinajstić information content (AvgIpc) is 2.15. The summed E-state index contributed by atoms with van der Waals surface area (Å²) in [6.45, 7) is 2.75. The third kappa shape index (κ3) is 2.19. The summed E-state index contributed by atoms with van der Waals surface area (Å²) in [6.07, 6.45) is -1.76. The molecule has 0 heterocycles. The zero-order valence-corrected chi connectivity index (χ0v) is 8.87. The molecule has 1 rings (SSSR count). The molecule has 0 fully saturated rings. The van der Waals surface area contributed by atoms with Gasteiger partial charge >= 0.3 is 5.97 Å². The van der Waals surface area contributed by atoms with Gasteiger partial charge in [-0.3, -0.25) is 0 Å². The molecule has 5 heteroatoms. The van der Waals surface area contributed by atoms with Gasteiger partial charge in [-0.05, 0) is 11.6 Å². The van der Waals surface area contributed by atoms with Crippen LogP contribution in [0.2, 0.25) is 0 Å². The Morgan fingerprint density at radius 2 is 1.94 bits per heavy atom. The van der Waals surface area contributed by atoms with Crippen LogP contribution in [0.15, 0.2) is 18.2 Å². The van der Waals surface area contributed by atoms with E-state index in [-0.39, 0.29) is 5.56 Å². The van der Waals surface area contributed by atoms with Crippen LogP contribution in [0.25, 0.3) is 0 Å². The van der Waals surface area contributed by atoms with Crippen molar-refractivity contribution in [3.8, 4) is 0 Å². The summed E-state index contributed by atoms with van der Waals surface area (Å²) >= 11 is 0. The molecule has 0 saturated heterocycles. The van der Waals surface area contributed by atoms with Crippen LogP contribution < -0.4 is 0 Å². The zero-order chi connectivity index (χ0) is 12.5. The Labute approximate surface area is 91.3 Å². The first kappa shape index (κ1) is 12.6. The van der Waals surface area contributed by atoms with Crippen LogP contribution >= 0.6 is 0 Å². The van der Waals surface area contributed by atoms with Crippen molar-refractivity contribution < 1.29 is 23.8 Å². The zero-order valence-electron chi connectivity index (χ0n) is 8.87. The molecule has 2 N–H and O–H groups in total. The van der Waals surface area contributed by atoms with E-state index in [2.05, 4.69) is 0 Å². The second kappa shape index (κ2) is 4.17. The summed E-state index contributed by atoms with van der Waals surface area (Å²) in [7, 11) is 0. The van der Waals surface area contributed by atoms with Crippen LogP contribution in [-0.2, 0) is 10.2 Å². The van der Waals surface area contributed by atoms with E-state index < -0.39 is 29.1 Å². The highest BCUT2D eigenvalue weighted by atomic mass is 19.1. The molecular weight excluding hydrogens is 218 g/mol. The van der Waals surface area contributed by atoms with Crippen LogP contribution in [0.1, 0.15) is 19.4 Å². The minimum Gasteiger partial charge on any atom is -0.479 e. The highest BCUT2D eigenvalue weighted by molar-refractivity contribution is 5.74. The number of aliphatic carboxylic acids is 1. The molecular formula is C11H12F2O3. The fourth-order valence-electron chi connectivity index (χ4n) is 1.47. The molecule has 0 radical (unpaired) electrons. The van der Waals surface area contributed by atoms with Crippen molar-refractivity contribution in [1.82, 2.24) is 0 Å². The molecule has 88 valence electrons. The Morgan fingerprint density at radius 3 is 2.38 bits per heavy atom. The van der Waals surface area contributed by atoms with Crippen molar-refractivity contribution >= 4 is 5.97 Å². The maximum absolute atomic E-state index is 13.4. The number of carboxylic acids is 1. The molecule has 16 heavy (non-hydrogen) atoms. The minimum absolute atomic E-state index is 0.0381. The van der Waals surface area contributed by atoms with Gasteiger partial charge in [-0.25, -0.2) is 13.6 Å². The lowest BCUT2D eigenvalue weighted by Gasteiger charge is -2.28. The van der Waals surface area contributed by atoms with Crippen LogP contribution in [0.5, 0.6) is 0 Å². The normalized spacial score (nSPS) is 13.6. The first-order valence-corrected chi connectivity index (χ1v) is 4.63. The Hall–Kier alpha value is -1.49. The molecule has 3 nitrogen and oxygen atoms in total. The molecule has 0 aliphatic rings. The van der Waals surface area contributed by atoms with Gasteiger partial charge in [-0.15, -0.1) is 0 Å². The van der Waals surface area contributed by atoms with E-state index in [1.54, 1.807) is 0 Å². The molecule has 0 amide bonds. The summed E-state index contributed by atoms with van der Waals surface area (Å²) in [5, 5.41) is 18.1. The largest absolute Gasteiger partial charge is 0.479 e. The Morgan fingerprint density at radius 1 is 1.38 bits per heavy atom. The topological polar surface area (TPSA) is 57.5 Å². The summed E-state index contributed by atoms with van der Waals surface area (Å²) in [6, 6.07) is 2.82. The third-order valence-corrected chi connectivity index (χ3v) is 2.54. The van der Waals surface area contributed by atoms with E-state index in [1.165, 1.54) is 13.8 Å². The van der Waals surface area contributed by atoms with Crippen molar-refractivity contribution in [2.75, 3.05) is 0 Å². The predicted octanol–water partition coefficient (Wildman–Crippen LogP) is 1.69. The van der Waals surface area contributed by atoms with Crippen LogP contribution in [-0.4, -0.2) is 22.3 Å². The van der Waals surface area contributed by atoms with Crippen LogP contribution in [0.3, 0.4) is 0 Å². The molecule has 0 aliphatic carbocycles. The second-order valence-corrected chi connectivity index (χ2v) is 4.09. The number of carbonyl (C=O) groups is 1. The molecule has 0 bridgehead atoms. The van der Waals surface area contributed by atoms with E-state index in [4.69, 9.17) is 5.11 Å². The van der Waals surface area contributed by atoms with Gasteiger partial charge in [0, 0.05) is 11.5 Å². The Kier molecular flexibility index (Phi) is 3.28. The van der Waals surface area contributed by atoms with Gasteiger partial charge in [0.1, 0.15) is 11.6 Å². The molecule has 0 saturated carbocycles. The third-order valence-electron chi connectivity index (χ3n) is 2.54. The number of rotatable bonds is 3. The fourth-order valence-corrected chi connectivity index (χ4v) is 1.47. The summed E-state index contributed by atoms with van der Waals surface area (Å²) < 4.78 is 26.1. The molecule has 0 aliphatic heterocycles. The first-order chi connectivity index (χ1) is 7.26. The standard InChI is InChI=1S/C11H12F2O3/c1-11(2,9(14)10(15)16)7-4-3-6(12)5-8(7)13/h3-5,9,14H,1-2H3,(H,15,16). The van der Waals surface area contributed by atoms with E-state index in [0.29, 0.717) is 6.07 Å². The van der Waals surface area contributed by atoms with E-state index in [9.17, 15) is 18.7 Å². The number of hydrogen-bond donors (Lipinski definition) is 2. The number of carboxylic acid groups (broad SMARTS) is 1. The maximum atomic E-state index is 13.4. The molecule has 0 spiro atoms. The van der Waals surface area contributed by atoms with Crippen LogP contribution in [0, 0.1) is 11.6 Å². The minimum atomic E-state index is -1.76. The van der Waals surface area contributed by atoms with E-state index in [0.717, 1.165) is 12.1 Å². The predicted molar refractivity (Wildman–Crippen MR) is 53.0 cm³/mol. The average molecular weight is 230 g/mol. The summed E-state index contributed by atoms with van der Waals surface area (Å²) in [5.74, 6) is -3.07. The second-order valence-electron chi connectivity index (χ2n) is 4.09. The SMILES string of the molecule is CC(C)(c1ccc(F)cc1F)C(O)C(=O)O. The summed E-state index contributed by atoms with van der Waals surface area (Å²) in [4.78, 5) is 10.7. The highest BCUT2D eigenvalue weighted by Crippen LogP contribution is 2.29. The molecule has 1 unspecified atom stereocenters. The number of aliphatic hydroxyl groups excluding tert-OH is 1. The van der Waals surface area contributed by atoms with Crippen molar-refractivity contribution in [1.29, 1.82) is 0 Å². The van der Waals surface area contributed by atoms with Gasteiger partial charge in [-0.2, -0.15) is 0 Å². The lowest BCUT2D eigenvalue weighted by molar-refractivity contribution is -0.150. The number of hydrogen-bond acceptors (Lipinski definition) is 2. The van der Waals surface area contributed by atoms with Gasteiger partial charge in [0.2, 0.25) is 0 Å². The van der Waals surface area contributed by atoms with Gasteiger partial charge < -0.3 is 10.2 Å². The first-order valence-electron chi connectivity index (χ1n) is 4.63. The van der Waals surface area contributed by atoms with E-state index >= 15 is 0 Å². The highest BCUT2D eigenvalue weighted by Gasteiger charge is 2.37. The lowest BCUT2D eigenvalue weighted by atomic mass is 9.79. The van der Waals surface area contributed by atoms with Crippen molar-refractivity contribution in [3.63, 3.8) is 0 Å². The Bertz CT molecular complexity index is 416. The van der Waals surface area contributed by atoms with Crippen molar-refractivity contribution in [2.24, 2.45) is 0 Å². The fraction of sp³-hybridized carbons (Fsp3) is 0.364. The molecule has 1 aromatic rings. The van der Waals surface area contributed by atoms with Gasteiger partial charge in [0.15, 0.2) is 6.10 Å². The van der Waals surface area contributed by atoms with Gasteiger partial charge in [0.05, 0.1) is 0 Å². The number of benzene rings is 1. The number of halogens is 2. The maximum Gasteiger partial charge on any atom is 0.333 e.